The fourth-order valence-electron chi connectivity index (χ4n) is 5.61. The van der Waals surface area contributed by atoms with E-state index in [1.165, 1.54) is 157 Å². The van der Waals surface area contributed by atoms with Crippen molar-refractivity contribution in [3.63, 3.8) is 0 Å². The highest BCUT2D eigenvalue weighted by Gasteiger charge is 2.07. The van der Waals surface area contributed by atoms with Gasteiger partial charge in [0, 0.05) is 29.2 Å². The van der Waals surface area contributed by atoms with Crippen LogP contribution in [0.2, 0.25) is 0 Å². The van der Waals surface area contributed by atoms with Gasteiger partial charge in [0.25, 0.3) is 0 Å². The quantitative estimate of drug-likeness (QED) is 0.0708. The third kappa shape index (κ3) is 20.6. The number of thioether (sulfide) groups is 2. The molecule has 1 aromatic heterocycles. The molecule has 0 saturated heterocycles. The Labute approximate surface area is 264 Å². The van der Waals surface area contributed by atoms with Gasteiger partial charge in [-0.05, 0) is 47.6 Å². The van der Waals surface area contributed by atoms with Gasteiger partial charge in [-0.2, -0.15) is 23.5 Å². The number of hydrogen-bond donors (Lipinski definition) is 0. The van der Waals surface area contributed by atoms with Gasteiger partial charge in [0.1, 0.15) is 0 Å². The lowest BCUT2D eigenvalue weighted by Crippen LogP contribution is -2.32. The van der Waals surface area contributed by atoms with E-state index in [1.807, 2.05) is 0 Å². The molecule has 232 valence electrons. The largest absolute Gasteiger partial charge is 0.201 e. The Bertz CT molecular complexity index is 791. The van der Waals surface area contributed by atoms with E-state index < -0.39 is 0 Å². The number of unbranched alkanes of at least 4 members (excludes halogenated alkanes) is 18. The molecule has 1 aromatic carbocycles. The second-order valence-electron chi connectivity index (χ2n) is 12.2. The highest BCUT2D eigenvalue weighted by molar-refractivity contribution is 7.98. The first-order valence-electron chi connectivity index (χ1n) is 17.5. The van der Waals surface area contributed by atoms with Crippen molar-refractivity contribution in [2.24, 2.45) is 0 Å². The summed E-state index contributed by atoms with van der Waals surface area (Å²) in [5.74, 6) is 4.91. The van der Waals surface area contributed by atoms with Crippen molar-refractivity contribution >= 4 is 23.5 Å². The highest BCUT2D eigenvalue weighted by atomic mass is 32.2. The van der Waals surface area contributed by atoms with Crippen molar-refractivity contribution in [2.75, 3.05) is 11.5 Å². The lowest BCUT2D eigenvalue weighted by Gasteiger charge is -2.09. The molecule has 0 radical (unpaired) electrons. The van der Waals surface area contributed by atoms with E-state index in [1.54, 1.807) is 0 Å². The molecule has 41 heavy (non-hydrogen) atoms. The molecule has 0 aliphatic carbocycles. The van der Waals surface area contributed by atoms with Gasteiger partial charge in [0.05, 0.1) is 0 Å². The number of rotatable bonds is 28. The minimum Gasteiger partial charge on any atom is -0.201 e. The van der Waals surface area contributed by atoms with Crippen molar-refractivity contribution in [2.45, 2.75) is 160 Å². The van der Waals surface area contributed by atoms with Crippen LogP contribution in [0.4, 0.5) is 0 Å². The third-order valence-corrected chi connectivity index (χ3v) is 10.3. The lowest BCUT2D eigenvalue weighted by atomic mass is 10.1. The summed E-state index contributed by atoms with van der Waals surface area (Å²) in [5, 5.41) is 0. The fourth-order valence-corrected chi connectivity index (χ4v) is 7.52. The molecule has 0 amide bonds. The molecule has 0 spiro atoms. The smallest absolute Gasteiger partial charge is 0.173 e. The van der Waals surface area contributed by atoms with Crippen molar-refractivity contribution in [3.8, 4) is 0 Å². The highest BCUT2D eigenvalue weighted by Crippen LogP contribution is 2.22. The first kappa shape index (κ1) is 36.3. The minimum absolute atomic E-state index is 0.966. The second-order valence-corrected chi connectivity index (χ2v) is 14.4. The van der Waals surface area contributed by atoms with E-state index in [2.05, 4.69) is 90.7 Å². The molecule has 0 aliphatic heterocycles. The van der Waals surface area contributed by atoms with Crippen LogP contribution in [0, 0.1) is 0 Å². The van der Waals surface area contributed by atoms with Gasteiger partial charge in [-0.15, -0.1) is 0 Å². The standard InChI is InChI=1S/C38H64NS2/c1-3-5-7-9-11-13-15-17-19-24-28-40-34-37-30-36(33-39-26-22-21-23-27-39)31-38(32-37)35-41-29-25-20-18-16-14-12-10-8-6-4-2/h21-23,26-27,30-32H,3-20,24-25,28-29,33-35H2,1-2H3/q+1. The Morgan fingerprint density at radius 2 is 0.805 bits per heavy atom. The van der Waals surface area contributed by atoms with Crippen molar-refractivity contribution in [3.05, 3.63) is 65.5 Å². The summed E-state index contributed by atoms with van der Waals surface area (Å²) >= 11 is 4.28. The molecule has 2 rings (SSSR count). The van der Waals surface area contributed by atoms with Crippen LogP contribution in [0.3, 0.4) is 0 Å². The molecule has 0 aliphatic rings. The van der Waals surface area contributed by atoms with E-state index in [4.69, 9.17) is 0 Å². The average molecular weight is 599 g/mol. The van der Waals surface area contributed by atoms with E-state index >= 15 is 0 Å². The fraction of sp³-hybridized carbons (Fsp3) is 0.711. The number of pyridine rings is 1. The summed E-state index contributed by atoms with van der Waals surface area (Å²) < 4.78 is 2.30. The van der Waals surface area contributed by atoms with Gasteiger partial charge >= 0.3 is 0 Å². The van der Waals surface area contributed by atoms with Crippen molar-refractivity contribution < 1.29 is 4.57 Å². The maximum Gasteiger partial charge on any atom is 0.173 e. The van der Waals surface area contributed by atoms with Crippen LogP contribution in [-0.2, 0) is 18.1 Å². The molecule has 1 heterocycles. The van der Waals surface area contributed by atoms with E-state index in [0.29, 0.717) is 0 Å². The number of aromatic nitrogens is 1. The summed E-state index contributed by atoms with van der Waals surface area (Å²) in [5.41, 5.74) is 4.49. The van der Waals surface area contributed by atoms with E-state index in [0.717, 1.165) is 18.1 Å². The number of hydrogen-bond acceptors (Lipinski definition) is 2. The molecule has 0 bridgehead atoms. The van der Waals surface area contributed by atoms with Gasteiger partial charge < -0.3 is 0 Å². The van der Waals surface area contributed by atoms with Crippen LogP contribution >= 0.6 is 23.5 Å². The van der Waals surface area contributed by atoms with Crippen LogP contribution in [0.5, 0.6) is 0 Å². The number of nitrogens with zero attached hydrogens (tertiary/aromatic N) is 1. The Kier molecular flexibility index (Phi) is 23.6. The summed E-state index contributed by atoms with van der Waals surface area (Å²) in [4.78, 5) is 0. The molecule has 1 nitrogen and oxygen atoms in total. The summed E-state index contributed by atoms with van der Waals surface area (Å²) in [7, 11) is 0. The van der Waals surface area contributed by atoms with Gasteiger partial charge in [0.15, 0.2) is 18.9 Å². The van der Waals surface area contributed by atoms with Gasteiger partial charge in [-0.3, -0.25) is 0 Å². The zero-order valence-electron chi connectivity index (χ0n) is 27.1. The maximum absolute atomic E-state index is 2.50. The van der Waals surface area contributed by atoms with Crippen LogP contribution in [-0.4, -0.2) is 11.5 Å². The Balaban J connectivity index is 1.65. The molecular formula is C38H64NS2+. The maximum atomic E-state index is 2.50. The first-order valence-corrected chi connectivity index (χ1v) is 19.8. The molecule has 0 saturated carbocycles. The Morgan fingerprint density at radius 1 is 0.439 bits per heavy atom. The zero-order chi connectivity index (χ0) is 29.1. The molecule has 0 atom stereocenters. The molecule has 0 unspecified atom stereocenters. The van der Waals surface area contributed by atoms with Crippen LogP contribution in [0.1, 0.15) is 159 Å². The average Bonchev–Trinajstić information content (AvgIpc) is 2.99. The molecular weight excluding hydrogens is 535 g/mol. The van der Waals surface area contributed by atoms with Gasteiger partial charge in [-0.1, -0.05) is 142 Å². The SMILES string of the molecule is CCCCCCCCCCCCSCc1cc(CSCCCCCCCCCCCC)cc(C[n+]2ccccc2)c1. The molecule has 2 aromatic rings. The van der Waals surface area contributed by atoms with E-state index in [9.17, 15) is 0 Å². The second kappa shape index (κ2) is 26.7. The summed E-state index contributed by atoms with van der Waals surface area (Å²) in [6.45, 7) is 5.57. The van der Waals surface area contributed by atoms with E-state index in [-0.39, 0.29) is 0 Å². The monoisotopic (exact) mass is 598 g/mol. The molecule has 0 fully saturated rings. The zero-order valence-corrected chi connectivity index (χ0v) is 28.7. The lowest BCUT2D eigenvalue weighted by molar-refractivity contribution is -0.688. The topological polar surface area (TPSA) is 3.88 Å². The number of benzene rings is 1. The normalized spacial score (nSPS) is 11.4. The van der Waals surface area contributed by atoms with Crippen molar-refractivity contribution in [1.82, 2.24) is 0 Å². The Morgan fingerprint density at radius 3 is 1.22 bits per heavy atom. The Hall–Kier alpha value is -0.930. The first-order chi connectivity index (χ1) is 20.3. The van der Waals surface area contributed by atoms with Crippen LogP contribution in [0.15, 0.2) is 48.8 Å². The predicted octanol–water partition coefficient (Wildman–Crippen LogP) is 12.3. The summed E-state index contributed by atoms with van der Waals surface area (Å²) in [6.07, 6.45) is 32.8. The predicted molar refractivity (Wildman–Crippen MR) is 188 cm³/mol. The van der Waals surface area contributed by atoms with Crippen LogP contribution in [0.25, 0.3) is 0 Å². The van der Waals surface area contributed by atoms with Crippen molar-refractivity contribution in [1.29, 1.82) is 0 Å². The molecule has 3 heteroatoms. The summed E-state index contributed by atoms with van der Waals surface area (Å²) in [6, 6.07) is 13.8. The van der Waals surface area contributed by atoms with Gasteiger partial charge in [0.2, 0.25) is 0 Å². The third-order valence-electron chi connectivity index (χ3n) is 8.08. The molecule has 0 N–H and O–H groups in total. The minimum atomic E-state index is 0.966. The van der Waals surface area contributed by atoms with Crippen LogP contribution < -0.4 is 4.57 Å². The van der Waals surface area contributed by atoms with Gasteiger partial charge in [-0.25, -0.2) is 4.57 Å².